The van der Waals surface area contributed by atoms with Gasteiger partial charge in [-0.25, -0.2) is 0 Å². The summed E-state index contributed by atoms with van der Waals surface area (Å²) in [5, 5.41) is 0. The van der Waals surface area contributed by atoms with E-state index in [-0.39, 0.29) is 0 Å². The van der Waals surface area contributed by atoms with Gasteiger partial charge < -0.3 is 19.1 Å². The minimum Gasteiger partial charge on any atom is -0.493 e. The number of ether oxygens (including phenoxy) is 3. The zero-order valence-electron chi connectivity index (χ0n) is 13.2. The van der Waals surface area contributed by atoms with Crippen molar-refractivity contribution in [2.45, 2.75) is 6.10 Å². The maximum atomic E-state index is 5.83. The summed E-state index contributed by atoms with van der Waals surface area (Å²) in [4.78, 5) is 4.56. The molecule has 1 aliphatic rings. The zero-order valence-corrected chi connectivity index (χ0v) is 13.2. The fourth-order valence-electron chi connectivity index (χ4n) is 2.52. The summed E-state index contributed by atoms with van der Waals surface area (Å²) in [5.41, 5.74) is 0. The Kier molecular flexibility index (Phi) is 6.29. The fourth-order valence-corrected chi connectivity index (χ4v) is 2.52. The SMILES string of the molecule is COc1ccccc1OCCN1CCOC(CN(C)C)C1. The van der Waals surface area contributed by atoms with Crippen molar-refractivity contribution in [3.63, 3.8) is 0 Å². The number of para-hydroxylation sites is 2. The first-order valence-corrected chi connectivity index (χ1v) is 7.43. The molecule has 118 valence electrons. The van der Waals surface area contributed by atoms with Gasteiger partial charge in [0.1, 0.15) is 6.61 Å². The van der Waals surface area contributed by atoms with E-state index in [2.05, 4.69) is 23.9 Å². The molecule has 21 heavy (non-hydrogen) atoms. The van der Waals surface area contributed by atoms with Gasteiger partial charge in [-0.15, -0.1) is 0 Å². The molecule has 2 rings (SSSR count). The first-order chi connectivity index (χ1) is 10.2. The molecule has 1 aromatic rings. The van der Waals surface area contributed by atoms with Crippen LogP contribution in [0, 0.1) is 0 Å². The van der Waals surface area contributed by atoms with E-state index < -0.39 is 0 Å². The third-order valence-corrected chi connectivity index (χ3v) is 3.53. The molecular formula is C16H26N2O3. The van der Waals surface area contributed by atoms with Crippen molar-refractivity contribution in [1.29, 1.82) is 0 Å². The van der Waals surface area contributed by atoms with Gasteiger partial charge in [-0.05, 0) is 26.2 Å². The van der Waals surface area contributed by atoms with Crippen LogP contribution in [0.15, 0.2) is 24.3 Å². The lowest BCUT2D eigenvalue weighted by atomic mass is 10.2. The molecule has 0 spiro atoms. The molecule has 1 aliphatic heterocycles. The van der Waals surface area contributed by atoms with Crippen LogP contribution in [0.1, 0.15) is 0 Å². The number of rotatable bonds is 7. The zero-order chi connectivity index (χ0) is 15.1. The van der Waals surface area contributed by atoms with Gasteiger partial charge in [0.15, 0.2) is 11.5 Å². The summed E-state index contributed by atoms with van der Waals surface area (Å²) >= 11 is 0. The molecule has 5 heteroatoms. The van der Waals surface area contributed by atoms with Crippen molar-refractivity contribution in [3.05, 3.63) is 24.3 Å². The number of morpholine rings is 1. The number of hydrogen-bond acceptors (Lipinski definition) is 5. The predicted octanol–water partition coefficient (Wildman–Crippen LogP) is 1.34. The molecule has 1 unspecified atom stereocenters. The van der Waals surface area contributed by atoms with Crippen LogP contribution in [0.2, 0.25) is 0 Å². The van der Waals surface area contributed by atoms with Gasteiger partial charge in [-0.2, -0.15) is 0 Å². The molecule has 0 aliphatic carbocycles. The summed E-state index contributed by atoms with van der Waals surface area (Å²) in [6, 6.07) is 7.75. The molecule has 0 amide bonds. The third-order valence-electron chi connectivity index (χ3n) is 3.53. The van der Waals surface area contributed by atoms with Crippen LogP contribution in [0.25, 0.3) is 0 Å². The second-order valence-electron chi connectivity index (χ2n) is 5.55. The minimum absolute atomic E-state index is 0.292. The Morgan fingerprint density at radius 1 is 1.29 bits per heavy atom. The summed E-state index contributed by atoms with van der Waals surface area (Å²) in [6.07, 6.45) is 0.292. The van der Waals surface area contributed by atoms with Crippen LogP contribution in [0.4, 0.5) is 0 Å². The van der Waals surface area contributed by atoms with E-state index in [0.717, 1.165) is 44.3 Å². The van der Waals surface area contributed by atoms with E-state index >= 15 is 0 Å². The smallest absolute Gasteiger partial charge is 0.161 e. The van der Waals surface area contributed by atoms with Crippen LogP contribution in [-0.2, 0) is 4.74 Å². The van der Waals surface area contributed by atoms with E-state index in [0.29, 0.717) is 12.7 Å². The maximum Gasteiger partial charge on any atom is 0.161 e. The highest BCUT2D eigenvalue weighted by molar-refractivity contribution is 5.39. The van der Waals surface area contributed by atoms with Crippen LogP contribution in [0.5, 0.6) is 11.5 Å². The molecule has 0 N–H and O–H groups in total. The first-order valence-electron chi connectivity index (χ1n) is 7.43. The average Bonchev–Trinajstić information content (AvgIpc) is 2.47. The monoisotopic (exact) mass is 294 g/mol. The highest BCUT2D eigenvalue weighted by Crippen LogP contribution is 2.25. The predicted molar refractivity (Wildman–Crippen MR) is 83.2 cm³/mol. The van der Waals surface area contributed by atoms with E-state index in [1.807, 2.05) is 24.3 Å². The molecule has 1 fully saturated rings. The maximum absolute atomic E-state index is 5.83. The third kappa shape index (κ3) is 5.19. The van der Waals surface area contributed by atoms with Crippen molar-refractivity contribution in [3.8, 4) is 11.5 Å². The molecule has 5 nitrogen and oxygen atoms in total. The standard InChI is InChI=1S/C16H26N2O3/c1-17(2)12-14-13-18(8-10-20-14)9-11-21-16-7-5-4-6-15(16)19-3/h4-7,14H,8-13H2,1-3H3. The highest BCUT2D eigenvalue weighted by atomic mass is 16.5. The Bertz CT molecular complexity index is 426. The molecule has 0 bridgehead atoms. The second-order valence-corrected chi connectivity index (χ2v) is 5.55. The van der Waals surface area contributed by atoms with E-state index in [1.54, 1.807) is 7.11 Å². The number of likely N-dealkylation sites (N-methyl/N-ethyl adjacent to an activating group) is 1. The average molecular weight is 294 g/mol. The molecule has 1 aromatic carbocycles. The van der Waals surface area contributed by atoms with E-state index in [9.17, 15) is 0 Å². The van der Waals surface area contributed by atoms with Crippen molar-refractivity contribution in [2.24, 2.45) is 0 Å². The largest absolute Gasteiger partial charge is 0.493 e. The molecule has 0 aromatic heterocycles. The Morgan fingerprint density at radius 2 is 2.05 bits per heavy atom. The van der Waals surface area contributed by atoms with Crippen molar-refractivity contribution in [1.82, 2.24) is 9.80 Å². The number of hydrogen-bond donors (Lipinski definition) is 0. The Labute approximate surface area is 127 Å². The number of methoxy groups -OCH3 is 1. The lowest BCUT2D eigenvalue weighted by Crippen LogP contribution is -2.47. The van der Waals surface area contributed by atoms with Gasteiger partial charge in [-0.3, -0.25) is 4.90 Å². The second kappa shape index (κ2) is 8.22. The lowest BCUT2D eigenvalue weighted by Gasteiger charge is -2.34. The normalized spacial score (nSPS) is 19.7. The summed E-state index contributed by atoms with van der Waals surface area (Å²) in [7, 11) is 5.82. The number of nitrogens with zero attached hydrogens (tertiary/aromatic N) is 2. The Balaban J connectivity index is 1.75. The fraction of sp³-hybridized carbons (Fsp3) is 0.625. The molecule has 1 heterocycles. The van der Waals surface area contributed by atoms with Crippen molar-refractivity contribution < 1.29 is 14.2 Å². The summed E-state index contributed by atoms with van der Waals surface area (Å²) in [6.45, 7) is 5.27. The topological polar surface area (TPSA) is 34.2 Å². The molecule has 0 saturated carbocycles. The van der Waals surface area contributed by atoms with Gasteiger partial charge in [-0.1, -0.05) is 12.1 Å². The Morgan fingerprint density at radius 3 is 2.76 bits per heavy atom. The van der Waals surface area contributed by atoms with Gasteiger partial charge >= 0.3 is 0 Å². The van der Waals surface area contributed by atoms with Crippen LogP contribution < -0.4 is 9.47 Å². The van der Waals surface area contributed by atoms with Crippen LogP contribution >= 0.6 is 0 Å². The Hall–Kier alpha value is -1.30. The van der Waals surface area contributed by atoms with Gasteiger partial charge in [0.05, 0.1) is 19.8 Å². The van der Waals surface area contributed by atoms with Crippen molar-refractivity contribution >= 4 is 0 Å². The van der Waals surface area contributed by atoms with Crippen LogP contribution in [-0.4, -0.2) is 76.5 Å². The van der Waals surface area contributed by atoms with Gasteiger partial charge in [0, 0.05) is 26.2 Å². The number of benzene rings is 1. The molecule has 1 atom stereocenters. The van der Waals surface area contributed by atoms with Crippen LogP contribution in [0.3, 0.4) is 0 Å². The molecule has 1 saturated heterocycles. The van der Waals surface area contributed by atoms with E-state index in [1.165, 1.54) is 0 Å². The quantitative estimate of drug-likeness (QED) is 0.758. The summed E-state index contributed by atoms with van der Waals surface area (Å²) in [5.74, 6) is 1.59. The van der Waals surface area contributed by atoms with Gasteiger partial charge in [0.25, 0.3) is 0 Å². The minimum atomic E-state index is 0.292. The molecule has 0 radical (unpaired) electrons. The van der Waals surface area contributed by atoms with Gasteiger partial charge in [0.2, 0.25) is 0 Å². The summed E-state index contributed by atoms with van der Waals surface area (Å²) < 4.78 is 16.9. The van der Waals surface area contributed by atoms with E-state index in [4.69, 9.17) is 14.2 Å². The first kappa shape index (κ1) is 16.1. The van der Waals surface area contributed by atoms with Crippen molar-refractivity contribution in [2.75, 3.05) is 60.6 Å². The lowest BCUT2D eigenvalue weighted by molar-refractivity contribution is -0.0405. The highest BCUT2D eigenvalue weighted by Gasteiger charge is 2.20. The molecular weight excluding hydrogens is 268 g/mol.